The van der Waals surface area contributed by atoms with E-state index in [-0.39, 0.29) is 6.04 Å². The van der Waals surface area contributed by atoms with Crippen LogP contribution in [0.1, 0.15) is 37.2 Å². The number of ether oxygens (including phenoxy) is 1. The first-order valence-electron chi connectivity index (χ1n) is 6.67. The Morgan fingerprint density at radius 3 is 2.70 bits per heavy atom. The van der Waals surface area contributed by atoms with Gasteiger partial charge in [0.15, 0.2) is 5.82 Å². The maximum absolute atomic E-state index is 5.20. The molecule has 3 rings (SSSR count). The highest BCUT2D eigenvalue weighted by atomic mass is 32.2. The summed E-state index contributed by atoms with van der Waals surface area (Å²) < 4.78 is 7.22. The third-order valence-corrected chi connectivity index (χ3v) is 4.38. The van der Waals surface area contributed by atoms with Crippen LogP contribution in [0.2, 0.25) is 0 Å². The lowest BCUT2D eigenvalue weighted by Gasteiger charge is -2.27. The maximum Gasteiger partial charge on any atom is 0.210 e. The first-order chi connectivity index (χ1) is 9.69. The second-order valence-electron chi connectivity index (χ2n) is 5.10. The highest BCUT2D eigenvalue weighted by Crippen LogP contribution is 2.31. The van der Waals surface area contributed by atoms with Crippen molar-refractivity contribution in [3.05, 3.63) is 35.7 Å². The van der Waals surface area contributed by atoms with E-state index in [4.69, 9.17) is 4.74 Å². The Kier molecular flexibility index (Phi) is 3.56. The third-order valence-electron chi connectivity index (χ3n) is 3.36. The zero-order valence-corrected chi connectivity index (χ0v) is 12.6. The van der Waals surface area contributed by atoms with Crippen molar-refractivity contribution in [1.82, 2.24) is 14.9 Å². The monoisotopic (exact) mass is 290 g/mol. The van der Waals surface area contributed by atoms with Gasteiger partial charge >= 0.3 is 0 Å². The van der Waals surface area contributed by atoms with E-state index in [1.165, 1.54) is 5.56 Å². The van der Waals surface area contributed by atoms with E-state index >= 15 is 0 Å². The van der Waals surface area contributed by atoms with Crippen LogP contribution in [-0.2, 0) is 0 Å². The summed E-state index contributed by atoms with van der Waals surface area (Å²) in [6.45, 7) is 4.25. The fourth-order valence-electron chi connectivity index (χ4n) is 2.23. The average molecular weight is 290 g/mol. The number of benzene rings is 1. The van der Waals surface area contributed by atoms with Crippen molar-refractivity contribution in [2.24, 2.45) is 0 Å². The van der Waals surface area contributed by atoms with Gasteiger partial charge in [-0.2, -0.15) is 0 Å². The molecule has 1 aliphatic heterocycles. The number of rotatable bonds is 3. The highest BCUT2D eigenvalue weighted by Gasteiger charge is 2.24. The lowest BCUT2D eigenvalue weighted by atomic mass is 10.1. The number of methoxy groups -OCH3 is 1. The van der Waals surface area contributed by atoms with E-state index in [1.54, 1.807) is 18.9 Å². The van der Waals surface area contributed by atoms with Gasteiger partial charge in [-0.15, -0.1) is 10.2 Å². The molecule has 1 unspecified atom stereocenters. The summed E-state index contributed by atoms with van der Waals surface area (Å²) in [6, 6.07) is 8.44. The van der Waals surface area contributed by atoms with E-state index < -0.39 is 0 Å². The number of hydrogen-bond acceptors (Lipinski definition) is 5. The smallest absolute Gasteiger partial charge is 0.210 e. The molecule has 106 valence electrons. The fourth-order valence-corrected chi connectivity index (χ4v) is 3.18. The molecule has 0 aliphatic carbocycles. The first-order valence-corrected chi connectivity index (χ1v) is 7.66. The van der Waals surface area contributed by atoms with Gasteiger partial charge in [-0.1, -0.05) is 37.7 Å². The minimum atomic E-state index is 0.256. The molecular formula is C14H18N4OS. The lowest BCUT2D eigenvalue weighted by Crippen LogP contribution is -2.29. The van der Waals surface area contributed by atoms with Crippen LogP contribution in [0.4, 0.5) is 0 Å². The van der Waals surface area contributed by atoms with Crippen molar-refractivity contribution in [2.75, 3.05) is 18.3 Å². The Morgan fingerprint density at radius 1 is 1.30 bits per heavy atom. The number of aromatic nitrogens is 3. The first kappa shape index (κ1) is 13.3. The van der Waals surface area contributed by atoms with Crippen LogP contribution in [-0.4, -0.2) is 27.7 Å². The number of fused-ring (bicyclic) bond motifs is 1. The summed E-state index contributed by atoms with van der Waals surface area (Å²) in [5.74, 6) is 3.15. The topological polar surface area (TPSA) is 52.0 Å². The number of nitrogens with zero attached hydrogens (tertiary/aromatic N) is 3. The van der Waals surface area contributed by atoms with Crippen molar-refractivity contribution >= 4 is 11.8 Å². The molecule has 1 aromatic carbocycles. The van der Waals surface area contributed by atoms with Gasteiger partial charge in [0, 0.05) is 11.7 Å². The fraction of sp³-hybridized carbons (Fsp3) is 0.429. The summed E-state index contributed by atoms with van der Waals surface area (Å²) in [6.07, 6.45) is 0. The average Bonchev–Trinajstić information content (AvgIpc) is 2.90. The molecule has 0 amide bonds. The molecule has 1 aromatic heterocycles. The van der Waals surface area contributed by atoms with E-state index in [2.05, 4.69) is 41.6 Å². The highest BCUT2D eigenvalue weighted by molar-refractivity contribution is 7.99. The van der Waals surface area contributed by atoms with Crippen molar-refractivity contribution in [1.29, 1.82) is 0 Å². The molecule has 0 fully saturated rings. The second kappa shape index (κ2) is 5.36. The van der Waals surface area contributed by atoms with E-state index in [1.807, 2.05) is 16.8 Å². The predicted molar refractivity (Wildman–Crippen MR) is 79.9 cm³/mol. The molecule has 1 atom stereocenters. The van der Waals surface area contributed by atoms with Gasteiger partial charge in [0.05, 0.1) is 13.2 Å². The van der Waals surface area contributed by atoms with Gasteiger partial charge in [0.25, 0.3) is 0 Å². The minimum Gasteiger partial charge on any atom is -0.497 e. The van der Waals surface area contributed by atoms with Gasteiger partial charge in [-0.25, -0.2) is 4.68 Å². The van der Waals surface area contributed by atoms with Crippen LogP contribution in [0.3, 0.4) is 0 Å². The summed E-state index contributed by atoms with van der Waals surface area (Å²) in [4.78, 5) is 0. The zero-order valence-electron chi connectivity index (χ0n) is 11.8. The molecule has 0 saturated carbocycles. The van der Waals surface area contributed by atoms with E-state index in [0.717, 1.165) is 22.5 Å². The van der Waals surface area contributed by atoms with Crippen molar-refractivity contribution in [3.8, 4) is 5.75 Å². The largest absolute Gasteiger partial charge is 0.497 e. The maximum atomic E-state index is 5.20. The summed E-state index contributed by atoms with van der Waals surface area (Å²) in [7, 11) is 1.68. The van der Waals surface area contributed by atoms with Gasteiger partial charge < -0.3 is 10.2 Å². The Morgan fingerprint density at radius 2 is 2.05 bits per heavy atom. The Balaban J connectivity index is 1.85. The van der Waals surface area contributed by atoms with E-state index in [0.29, 0.717) is 5.92 Å². The SMILES string of the molecule is COc1ccc(C2CSc3nnc(C(C)C)n3N2)cc1. The summed E-state index contributed by atoms with van der Waals surface area (Å²) in [5.41, 5.74) is 4.75. The van der Waals surface area contributed by atoms with Crippen LogP contribution >= 0.6 is 11.8 Å². The van der Waals surface area contributed by atoms with Crippen LogP contribution in [0, 0.1) is 0 Å². The lowest BCUT2D eigenvalue weighted by molar-refractivity contribution is 0.414. The van der Waals surface area contributed by atoms with Crippen LogP contribution in [0.25, 0.3) is 0 Å². The standard InChI is InChI=1S/C14H18N4OS/c1-9(2)13-15-16-14-18(13)17-12(8-20-14)10-4-6-11(19-3)7-5-10/h4-7,9,12,17H,8H2,1-3H3. The normalized spacial score (nSPS) is 17.7. The van der Waals surface area contributed by atoms with Crippen molar-refractivity contribution < 1.29 is 4.74 Å². The quantitative estimate of drug-likeness (QED) is 0.942. The molecule has 0 saturated heterocycles. The van der Waals surface area contributed by atoms with E-state index in [9.17, 15) is 0 Å². The van der Waals surface area contributed by atoms with Crippen molar-refractivity contribution in [2.45, 2.75) is 31.0 Å². The number of thioether (sulfide) groups is 1. The van der Waals surface area contributed by atoms with Gasteiger partial charge in [0.1, 0.15) is 5.75 Å². The number of hydrogen-bond donors (Lipinski definition) is 1. The Labute approximate surface area is 122 Å². The predicted octanol–water partition coefficient (Wildman–Crippen LogP) is 2.80. The third kappa shape index (κ3) is 2.35. The number of nitrogens with one attached hydrogen (secondary N) is 1. The molecular weight excluding hydrogens is 272 g/mol. The van der Waals surface area contributed by atoms with Gasteiger partial charge in [-0.05, 0) is 17.7 Å². The molecule has 2 aromatic rings. The molecule has 0 spiro atoms. The van der Waals surface area contributed by atoms with Crippen LogP contribution in [0.15, 0.2) is 29.4 Å². The molecule has 5 nitrogen and oxygen atoms in total. The molecule has 1 aliphatic rings. The molecule has 20 heavy (non-hydrogen) atoms. The second-order valence-corrected chi connectivity index (χ2v) is 6.08. The Hall–Kier alpha value is -1.69. The molecule has 2 heterocycles. The van der Waals surface area contributed by atoms with Crippen LogP contribution in [0.5, 0.6) is 5.75 Å². The minimum absolute atomic E-state index is 0.256. The molecule has 1 N–H and O–H groups in total. The van der Waals surface area contributed by atoms with Gasteiger partial charge in [-0.3, -0.25) is 0 Å². The molecule has 0 bridgehead atoms. The molecule has 6 heteroatoms. The summed E-state index contributed by atoms with van der Waals surface area (Å²) in [5, 5.41) is 9.43. The zero-order chi connectivity index (χ0) is 14.1. The van der Waals surface area contributed by atoms with Crippen LogP contribution < -0.4 is 10.2 Å². The Bertz CT molecular complexity index is 594. The summed E-state index contributed by atoms with van der Waals surface area (Å²) >= 11 is 1.74. The van der Waals surface area contributed by atoms with Crippen molar-refractivity contribution in [3.63, 3.8) is 0 Å². The van der Waals surface area contributed by atoms with Gasteiger partial charge in [0.2, 0.25) is 5.16 Å². The molecule has 0 radical (unpaired) electrons.